The van der Waals surface area contributed by atoms with E-state index in [0.29, 0.717) is 0 Å². The number of ketones is 1. The summed E-state index contributed by atoms with van der Waals surface area (Å²) in [6.07, 6.45) is 2.91. The van der Waals surface area contributed by atoms with Gasteiger partial charge >= 0.3 is 5.69 Å². The molecule has 5 heteroatoms. The number of nitrogens with zero attached hydrogens (tertiary/aromatic N) is 1. The van der Waals surface area contributed by atoms with E-state index in [9.17, 15) is 20.0 Å². The lowest BCUT2D eigenvalue weighted by Gasteiger charge is -2.02. The Morgan fingerprint density at radius 3 is 2.57 bits per heavy atom. The molecule has 0 bridgehead atoms. The van der Waals surface area contributed by atoms with Crippen molar-refractivity contribution in [3.63, 3.8) is 0 Å². The maximum atomic E-state index is 12.1. The molecule has 0 saturated heterocycles. The van der Waals surface area contributed by atoms with E-state index in [-0.39, 0.29) is 5.56 Å². The molecule has 0 spiro atoms. The van der Waals surface area contributed by atoms with E-state index >= 15 is 0 Å². The summed E-state index contributed by atoms with van der Waals surface area (Å²) in [6.45, 7) is 1.91. The minimum atomic E-state index is -0.725. The number of hydrogen-bond acceptors (Lipinski definition) is 4. The Labute approximate surface area is 121 Å². The highest BCUT2D eigenvalue weighted by atomic mass is 16.6. The zero-order valence-corrected chi connectivity index (χ0v) is 11.3. The van der Waals surface area contributed by atoms with Crippen molar-refractivity contribution in [2.45, 2.75) is 6.92 Å². The number of phenolic OH excluding ortho intramolecular Hbond substituents is 1. The second-order valence-corrected chi connectivity index (χ2v) is 4.48. The monoisotopic (exact) mass is 283 g/mol. The Morgan fingerprint density at radius 1 is 1.19 bits per heavy atom. The van der Waals surface area contributed by atoms with Crippen molar-refractivity contribution in [2.75, 3.05) is 0 Å². The Balaban J connectivity index is 2.32. The molecule has 0 aliphatic carbocycles. The Bertz CT molecular complexity index is 735. The molecule has 2 aromatic carbocycles. The number of rotatable bonds is 4. The van der Waals surface area contributed by atoms with E-state index in [4.69, 9.17) is 0 Å². The maximum absolute atomic E-state index is 12.1. The fourth-order valence-electron chi connectivity index (χ4n) is 1.91. The van der Waals surface area contributed by atoms with Gasteiger partial charge in [0.15, 0.2) is 5.78 Å². The molecule has 0 unspecified atom stereocenters. The largest absolute Gasteiger partial charge is 0.502 e. The van der Waals surface area contributed by atoms with Gasteiger partial charge in [0.1, 0.15) is 0 Å². The van der Waals surface area contributed by atoms with Crippen LogP contribution in [0.15, 0.2) is 48.5 Å². The Kier molecular flexibility index (Phi) is 4.13. The summed E-state index contributed by atoms with van der Waals surface area (Å²) >= 11 is 0. The van der Waals surface area contributed by atoms with Gasteiger partial charge in [0.05, 0.1) is 10.5 Å². The van der Waals surface area contributed by atoms with Crippen molar-refractivity contribution >= 4 is 17.5 Å². The summed E-state index contributed by atoms with van der Waals surface area (Å²) in [6, 6.07) is 11.4. The molecule has 0 amide bonds. The van der Waals surface area contributed by atoms with Gasteiger partial charge < -0.3 is 5.11 Å². The molecule has 21 heavy (non-hydrogen) atoms. The summed E-state index contributed by atoms with van der Waals surface area (Å²) < 4.78 is 0. The average molecular weight is 283 g/mol. The molecule has 0 fully saturated rings. The molecule has 0 saturated carbocycles. The lowest BCUT2D eigenvalue weighted by molar-refractivity contribution is -0.385. The third-order valence-corrected chi connectivity index (χ3v) is 3.08. The molecule has 5 nitrogen and oxygen atoms in total. The number of carbonyl (C=O) groups is 1. The molecular weight excluding hydrogens is 270 g/mol. The van der Waals surface area contributed by atoms with Gasteiger partial charge in [-0.1, -0.05) is 36.4 Å². The average Bonchev–Trinajstić information content (AvgIpc) is 2.46. The molecule has 0 heterocycles. The fraction of sp³-hybridized carbons (Fsp3) is 0.0625. The van der Waals surface area contributed by atoms with Gasteiger partial charge in [0.25, 0.3) is 0 Å². The predicted molar refractivity (Wildman–Crippen MR) is 79.3 cm³/mol. The molecule has 2 rings (SSSR count). The number of hydrogen-bond donors (Lipinski definition) is 1. The van der Waals surface area contributed by atoms with Crippen LogP contribution in [-0.4, -0.2) is 15.8 Å². The molecule has 0 aliphatic rings. The van der Waals surface area contributed by atoms with Crippen LogP contribution in [0.5, 0.6) is 5.75 Å². The molecular formula is C16H13NO4. The lowest BCUT2D eigenvalue weighted by Crippen LogP contribution is -1.98. The molecule has 2 aromatic rings. The second-order valence-electron chi connectivity index (χ2n) is 4.48. The van der Waals surface area contributed by atoms with Crippen LogP contribution in [-0.2, 0) is 0 Å². The minimum Gasteiger partial charge on any atom is -0.502 e. The topological polar surface area (TPSA) is 80.4 Å². The molecule has 0 radical (unpaired) electrons. The van der Waals surface area contributed by atoms with Crippen LogP contribution in [0, 0.1) is 17.0 Å². The fourth-order valence-corrected chi connectivity index (χ4v) is 1.91. The molecule has 0 atom stereocenters. The van der Waals surface area contributed by atoms with Crippen molar-refractivity contribution in [2.24, 2.45) is 0 Å². The van der Waals surface area contributed by atoms with Crippen LogP contribution in [0.1, 0.15) is 21.5 Å². The van der Waals surface area contributed by atoms with Gasteiger partial charge in [-0.2, -0.15) is 0 Å². The van der Waals surface area contributed by atoms with Crippen molar-refractivity contribution < 1.29 is 14.8 Å². The first-order valence-electron chi connectivity index (χ1n) is 6.25. The smallest absolute Gasteiger partial charge is 0.311 e. The molecule has 0 aliphatic heterocycles. The number of para-hydroxylation sites is 1. The number of carbonyl (C=O) groups excluding carboxylic acids is 1. The zero-order chi connectivity index (χ0) is 15.4. The van der Waals surface area contributed by atoms with Gasteiger partial charge in [0, 0.05) is 6.07 Å². The number of allylic oxidation sites excluding steroid dienone is 1. The molecule has 106 valence electrons. The summed E-state index contributed by atoms with van der Waals surface area (Å²) in [7, 11) is 0. The van der Waals surface area contributed by atoms with Crippen molar-refractivity contribution in [1.82, 2.24) is 0 Å². The van der Waals surface area contributed by atoms with E-state index < -0.39 is 22.1 Å². The van der Waals surface area contributed by atoms with Crippen LogP contribution < -0.4 is 0 Å². The predicted octanol–water partition coefficient (Wildman–Crippen LogP) is 3.50. The van der Waals surface area contributed by atoms with Gasteiger partial charge in [-0.25, -0.2) is 0 Å². The Hall–Kier alpha value is -2.95. The second kappa shape index (κ2) is 6.00. The summed E-state index contributed by atoms with van der Waals surface area (Å²) in [4.78, 5) is 22.1. The summed E-state index contributed by atoms with van der Waals surface area (Å²) in [5, 5.41) is 20.5. The van der Waals surface area contributed by atoms with E-state index in [0.717, 1.165) is 17.2 Å². The lowest BCUT2D eigenvalue weighted by atomic mass is 10.0. The number of aryl methyl sites for hydroxylation is 1. The first kappa shape index (κ1) is 14.5. The van der Waals surface area contributed by atoms with Crippen LogP contribution >= 0.6 is 0 Å². The minimum absolute atomic E-state index is 0.0889. The van der Waals surface area contributed by atoms with Crippen molar-refractivity contribution in [1.29, 1.82) is 0 Å². The van der Waals surface area contributed by atoms with Gasteiger partial charge in [-0.3, -0.25) is 14.9 Å². The van der Waals surface area contributed by atoms with Crippen LogP contribution in [0.2, 0.25) is 0 Å². The first-order chi connectivity index (χ1) is 10.0. The third kappa shape index (κ3) is 3.14. The number of nitro groups is 1. The van der Waals surface area contributed by atoms with E-state index in [1.165, 1.54) is 18.2 Å². The normalized spacial score (nSPS) is 10.7. The quantitative estimate of drug-likeness (QED) is 0.403. The number of aromatic hydroxyl groups is 1. The summed E-state index contributed by atoms with van der Waals surface area (Å²) in [5.41, 5.74) is 1.31. The molecule has 1 N–H and O–H groups in total. The zero-order valence-electron chi connectivity index (χ0n) is 11.3. The van der Waals surface area contributed by atoms with Gasteiger partial charge in [-0.15, -0.1) is 0 Å². The maximum Gasteiger partial charge on any atom is 0.311 e. The summed E-state index contributed by atoms with van der Waals surface area (Å²) in [5.74, 6) is -1.10. The highest BCUT2D eigenvalue weighted by Gasteiger charge is 2.19. The Morgan fingerprint density at radius 2 is 1.90 bits per heavy atom. The van der Waals surface area contributed by atoms with E-state index in [1.54, 1.807) is 6.08 Å². The van der Waals surface area contributed by atoms with E-state index in [2.05, 4.69) is 0 Å². The first-order valence-corrected chi connectivity index (χ1v) is 6.25. The highest BCUT2D eigenvalue weighted by Crippen LogP contribution is 2.29. The SMILES string of the molecule is Cc1ccccc1C=CC(=O)c1cccc([N+](=O)[O-])c1O. The highest BCUT2D eigenvalue weighted by molar-refractivity contribution is 6.09. The van der Waals surface area contributed by atoms with Crippen LogP contribution in [0.4, 0.5) is 5.69 Å². The van der Waals surface area contributed by atoms with Gasteiger partial charge in [0.2, 0.25) is 5.75 Å². The third-order valence-electron chi connectivity index (χ3n) is 3.08. The number of benzene rings is 2. The van der Waals surface area contributed by atoms with Crippen molar-refractivity contribution in [3.05, 3.63) is 75.3 Å². The molecule has 0 aromatic heterocycles. The van der Waals surface area contributed by atoms with Crippen LogP contribution in [0.3, 0.4) is 0 Å². The van der Waals surface area contributed by atoms with E-state index in [1.807, 2.05) is 31.2 Å². The number of nitro benzene ring substituents is 1. The standard InChI is InChI=1S/C16H13NO4/c1-11-5-2-3-6-12(11)9-10-15(18)13-7-4-8-14(16(13)19)17(20)21/h2-10,19H,1H3. The van der Waals surface area contributed by atoms with Gasteiger partial charge in [-0.05, 0) is 30.2 Å². The van der Waals surface area contributed by atoms with Crippen molar-refractivity contribution in [3.8, 4) is 5.75 Å². The number of phenols is 1. The van der Waals surface area contributed by atoms with Crippen LogP contribution in [0.25, 0.3) is 6.08 Å².